The third-order valence-corrected chi connectivity index (χ3v) is 3.05. The van der Waals surface area contributed by atoms with Crippen molar-refractivity contribution in [2.45, 2.75) is 25.4 Å². The highest BCUT2D eigenvalue weighted by atomic mass is 32.1. The third-order valence-electron chi connectivity index (χ3n) is 2.27. The van der Waals surface area contributed by atoms with Crippen LogP contribution in [-0.2, 0) is 11.3 Å². The molecule has 1 aromatic heterocycles. The lowest BCUT2D eigenvalue weighted by molar-refractivity contribution is -0.122. The molecule has 0 aromatic carbocycles. The minimum absolute atomic E-state index is 0.00922. The van der Waals surface area contributed by atoms with Crippen LogP contribution in [0.1, 0.15) is 17.8 Å². The van der Waals surface area contributed by atoms with Gasteiger partial charge >= 0.3 is 0 Å². The summed E-state index contributed by atoms with van der Waals surface area (Å²) < 4.78 is 0. The molecule has 1 aliphatic heterocycles. The van der Waals surface area contributed by atoms with E-state index in [4.69, 9.17) is 0 Å². The number of hydrogen-bond acceptors (Lipinski definition) is 4. The minimum atomic E-state index is 0.00922. The summed E-state index contributed by atoms with van der Waals surface area (Å²) in [4.78, 5) is 15.6. The van der Waals surface area contributed by atoms with Gasteiger partial charge in [-0.15, -0.1) is 11.3 Å². The first kappa shape index (κ1) is 9.61. The van der Waals surface area contributed by atoms with Crippen LogP contribution in [0.4, 0.5) is 0 Å². The predicted molar refractivity (Wildman–Crippen MR) is 55.0 cm³/mol. The maximum atomic E-state index is 11.5. The van der Waals surface area contributed by atoms with Gasteiger partial charge in [-0.05, 0) is 19.4 Å². The highest BCUT2D eigenvalue weighted by Crippen LogP contribution is 2.06. The Hall–Kier alpha value is -0.940. The van der Waals surface area contributed by atoms with Crippen molar-refractivity contribution in [3.05, 3.63) is 16.6 Å². The van der Waals surface area contributed by atoms with E-state index in [0.29, 0.717) is 6.54 Å². The van der Waals surface area contributed by atoms with E-state index in [9.17, 15) is 4.79 Å². The largest absolute Gasteiger partial charge is 0.348 e. The molecule has 0 saturated carbocycles. The molecular weight excluding hydrogens is 198 g/mol. The van der Waals surface area contributed by atoms with Gasteiger partial charge in [-0.25, -0.2) is 4.98 Å². The second kappa shape index (κ2) is 4.52. The topological polar surface area (TPSA) is 54.0 Å². The second-order valence-corrected chi connectivity index (χ2v) is 4.27. The molecule has 1 fully saturated rings. The summed E-state index contributed by atoms with van der Waals surface area (Å²) in [6.45, 7) is 1.50. The molecule has 2 heterocycles. The normalized spacial score (nSPS) is 21.0. The number of aromatic nitrogens is 1. The van der Waals surface area contributed by atoms with Crippen LogP contribution in [-0.4, -0.2) is 23.5 Å². The Kier molecular flexibility index (Phi) is 3.10. The van der Waals surface area contributed by atoms with Gasteiger partial charge in [-0.2, -0.15) is 0 Å². The summed E-state index contributed by atoms with van der Waals surface area (Å²) >= 11 is 1.56. The van der Waals surface area contributed by atoms with E-state index in [1.165, 1.54) is 0 Å². The molecule has 1 aliphatic rings. The standard InChI is InChI=1S/C9H13N3OS/c13-9(7-2-1-3-10-7)12-6-8-11-4-5-14-8/h4-5,7,10H,1-3,6H2,(H,12,13)/t7-/m1/s1. The smallest absolute Gasteiger partial charge is 0.237 e. The maximum absolute atomic E-state index is 11.5. The van der Waals surface area contributed by atoms with Crippen molar-refractivity contribution in [1.82, 2.24) is 15.6 Å². The number of rotatable bonds is 3. The molecular formula is C9H13N3OS. The van der Waals surface area contributed by atoms with Gasteiger partial charge in [0.15, 0.2) is 0 Å². The van der Waals surface area contributed by atoms with Crippen LogP contribution in [0.25, 0.3) is 0 Å². The first-order valence-corrected chi connectivity index (χ1v) is 5.64. The molecule has 5 heteroatoms. The van der Waals surface area contributed by atoms with E-state index in [-0.39, 0.29) is 11.9 Å². The summed E-state index contributed by atoms with van der Waals surface area (Å²) in [5.74, 6) is 0.0951. The summed E-state index contributed by atoms with van der Waals surface area (Å²) in [5, 5.41) is 8.90. The molecule has 1 aromatic rings. The first-order chi connectivity index (χ1) is 6.86. The number of nitrogens with zero attached hydrogens (tertiary/aromatic N) is 1. The van der Waals surface area contributed by atoms with Gasteiger partial charge in [-0.1, -0.05) is 0 Å². The van der Waals surface area contributed by atoms with Crippen molar-refractivity contribution >= 4 is 17.2 Å². The van der Waals surface area contributed by atoms with Gasteiger partial charge in [0.2, 0.25) is 5.91 Å². The SMILES string of the molecule is O=C(NCc1nccs1)[C@H]1CCCN1. The number of nitrogens with one attached hydrogen (secondary N) is 2. The van der Waals surface area contributed by atoms with E-state index in [1.54, 1.807) is 17.5 Å². The van der Waals surface area contributed by atoms with Crippen molar-refractivity contribution in [2.24, 2.45) is 0 Å². The van der Waals surface area contributed by atoms with Crippen LogP contribution in [0.5, 0.6) is 0 Å². The van der Waals surface area contributed by atoms with Crippen molar-refractivity contribution in [2.75, 3.05) is 6.54 Å². The van der Waals surface area contributed by atoms with Crippen molar-refractivity contribution in [1.29, 1.82) is 0 Å². The van der Waals surface area contributed by atoms with E-state index < -0.39 is 0 Å². The maximum Gasteiger partial charge on any atom is 0.237 e. The molecule has 14 heavy (non-hydrogen) atoms. The minimum Gasteiger partial charge on any atom is -0.348 e. The van der Waals surface area contributed by atoms with Crippen LogP contribution in [0.3, 0.4) is 0 Å². The molecule has 2 N–H and O–H groups in total. The molecule has 0 spiro atoms. The van der Waals surface area contributed by atoms with E-state index in [0.717, 1.165) is 24.4 Å². The van der Waals surface area contributed by atoms with Crippen molar-refractivity contribution in [3.8, 4) is 0 Å². The number of thiazole rings is 1. The Balaban J connectivity index is 1.77. The summed E-state index contributed by atoms with van der Waals surface area (Å²) in [6.07, 6.45) is 3.79. The van der Waals surface area contributed by atoms with Crippen LogP contribution < -0.4 is 10.6 Å². The van der Waals surface area contributed by atoms with Gasteiger partial charge in [0.25, 0.3) is 0 Å². The zero-order valence-electron chi connectivity index (χ0n) is 7.82. The highest BCUT2D eigenvalue weighted by molar-refractivity contribution is 7.09. The number of hydrogen-bond donors (Lipinski definition) is 2. The fourth-order valence-electron chi connectivity index (χ4n) is 1.53. The van der Waals surface area contributed by atoms with Gasteiger partial charge in [0, 0.05) is 11.6 Å². The molecule has 1 atom stereocenters. The Bertz CT molecular complexity index is 293. The highest BCUT2D eigenvalue weighted by Gasteiger charge is 2.21. The van der Waals surface area contributed by atoms with Crippen LogP contribution in [0.15, 0.2) is 11.6 Å². The summed E-state index contributed by atoms with van der Waals surface area (Å²) in [6, 6.07) is 0.00922. The molecule has 4 nitrogen and oxygen atoms in total. The monoisotopic (exact) mass is 211 g/mol. The van der Waals surface area contributed by atoms with Crippen molar-refractivity contribution in [3.63, 3.8) is 0 Å². The molecule has 0 radical (unpaired) electrons. The van der Waals surface area contributed by atoms with Crippen molar-refractivity contribution < 1.29 is 4.79 Å². The third kappa shape index (κ3) is 2.30. The van der Waals surface area contributed by atoms with Gasteiger partial charge in [0.05, 0.1) is 12.6 Å². The van der Waals surface area contributed by atoms with Gasteiger partial charge in [0.1, 0.15) is 5.01 Å². The van der Waals surface area contributed by atoms with E-state index >= 15 is 0 Å². The first-order valence-electron chi connectivity index (χ1n) is 4.76. The average molecular weight is 211 g/mol. The Morgan fingerprint density at radius 1 is 1.79 bits per heavy atom. The van der Waals surface area contributed by atoms with E-state index in [1.807, 2.05) is 5.38 Å². The predicted octanol–water partition coefficient (Wildman–Crippen LogP) is 0.511. The number of amides is 1. The Labute approximate surface area is 86.7 Å². The van der Waals surface area contributed by atoms with E-state index in [2.05, 4.69) is 15.6 Å². The molecule has 0 unspecified atom stereocenters. The zero-order valence-corrected chi connectivity index (χ0v) is 8.64. The van der Waals surface area contributed by atoms with Gasteiger partial charge in [-0.3, -0.25) is 4.79 Å². The molecule has 1 saturated heterocycles. The average Bonchev–Trinajstić information content (AvgIpc) is 2.87. The quantitative estimate of drug-likeness (QED) is 0.766. The molecule has 1 amide bonds. The summed E-state index contributed by atoms with van der Waals surface area (Å²) in [7, 11) is 0. The lowest BCUT2D eigenvalue weighted by Gasteiger charge is -2.09. The number of carbonyl (C=O) groups excluding carboxylic acids is 1. The molecule has 0 bridgehead atoms. The fourth-order valence-corrected chi connectivity index (χ4v) is 2.09. The molecule has 76 valence electrons. The second-order valence-electron chi connectivity index (χ2n) is 3.29. The molecule has 2 rings (SSSR count). The van der Waals surface area contributed by atoms with Crippen LogP contribution in [0.2, 0.25) is 0 Å². The lowest BCUT2D eigenvalue weighted by atomic mass is 10.2. The molecule has 0 aliphatic carbocycles. The summed E-state index contributed by atoms with van der Waals surface area (Å²) in [5.41, 5.74) is 0. The van der Waals surface area contributed by atoms with Crippen LogP contribution >= 0.6 is 11.3 Å². The fraction of sp³-hybridized carbons (Fsp3) is 0.556. The lowest BCUT2D eigenvalue weighted by Crippen LogP contribution is -2.39. The van der Waals surface area contributed by atoms with Gasteiger partial charge < -0.3 is 10.6 Å². The van der Waals surface area contributed by atoms with Crippen LogP contribution in [0, 0.1) is 0 Å². The zero-order chi connectivity index (χ0) is 9.80. The Morgan fingerprint density at radius 2 is 2.71 bits per heavy atom. The number of carbonyl (C=O) groups is 1. The Morgan fingerprint density at radius 3 is 3.36 bits per heavy atom.